The Hall–Kier alpha value is -1.76. The van der Waals surface area contributed by atoms with Gasteiger partial charge in [0.15, 0.2) is 0 Å². The topological polar surface area (TPSA) is 3.24 Å². The molecule has 0 aliphatic carbocycles. The van der Waals surface area contributed by atoms with Gasteiger partial charge in [0.05, 0.1) is 0 Å². The molecule has 4 rings (SSSR count). The molecule has 0 unspecified atom stereocenters. The van der Waals surface area contributed by atoms with Crippen LogP contribution >= 0.6 is 0 Å². The lowest BCUT2D eigenvalue weighted by molar-refractivity contribution is 0.335. The van der Waals surface area contributed by atoms with E-state index in [1.807, 2.05) is 0 Å². The van der Waals surface area contributed by atoms with Crippen LogP contribution in [0.4, 0.5) is 5.69 Å². The van der Waals surface area contributed by atoms with E-state index in [-0.39, 0.29) is 0 Å². The maximum atomic E-state index is 2.87. The Labute approximate surface area is 153 Å². The Balaban J connectivity index is 1.69. The number of hydrogen-bond donors (Lipinski definition) is 0. The molecule has 2 atom stereocenters. The van der Waals surface area contributed by atoms with Crippen LogP contribution in [0, 0.1) is 6.92 Å². The first-order valence-electron chi connectivity index (χ1n) is 10.2. The fourth-order valence-corrected chi connectivity index (χ4v) is 5.26. The van der Waals surface area contributed by atoms with Gasteiger partial charge in [0.2, 0.25) is 0 Å². The molecular weight excluding hydrogens is 302 g/mol. The number of anilines is 1. The Kier molecular flexibility index (Phi) is 4.58. The van der Waals surface area contributed by atoms with E-state index in [4.69, 9.17) is 0 Å². The van der Waals surface area contributed by atoms with Crippen molar-refractivity contribution in [1.82, 2.24) is 0 Å². The monoisotopic (exact) mass is 333 g/mol. The fourth-order valence-electron chi connectivity index (χ4n) is 5.26. The van der Waals surface area contributed by atoms with Gasteiger partial charge in [-0.2, -0.15) is 0 Å². The van der Waals surface area contributed by atoms with Crippen molar-refractivity contribution in [2.75, 3.05) is 4.90 Å². The van der Waals surface area contributed by atoms with Crippen LogP contribution < -0.4 is 4.90 Å². The third kappa shape index (κ3) is 2.99. The van der Waals surface area contributed by atoms with Gasteiger partial charge < -0.3 is 4.90 Å². The molecule has 0 aromatic heterocycles. The molecule has 132 valence electrons. The van der Waals surface area contributed by atoms with Crippen LogP contribution in [-0.2, 0) is 12.8 Å². The number of unbranched alkanes of at least 4 members (excludes halogenated alkanes) is 1. The second-order valence-electron chi connectivity index (χ2n) is 8.15. The number of aryl methyl sites for hydroxylation is 2. The van der Waals surface area contributed by atoms with Crippen molar-refractivity contribution >= 4 is 5.69 Å². The summed E-state index contributed by atoms with van der Waals surface area (Å²) in [6, 6.07) is 18.8. The molecule has 2 aliphatic heterocycles. The SMILES string of the molecule is CCCC[C@@]12CCc3ccccc3N1[C@@H](Cc1ccccc1C)CC2. The van der Waals surface area contributed by atoms with E-state index in [1.54, 1.807) is 5.56 Å². The van der Waals surface area contributed by atoms with Crippen LogP contribution in [0.3, 0.4) is 0 Å². The van der Waals surface area contributed by atoms with Gasteiger partial charge in [-0.05, 0) is 68.2 Å². The molecule has 0 amide bonds. The van der Waals surface area contributed by atoms with Gasteiger partial charge in [0.1, 0.15) is 0 Å². The molecule has 2 aromatic carbocycles. The number of nitrogens with zero attached hydrogens (tertiary/aromatic N) is 1. The van der Waals surface area contributed by atoms with Crippen molar-refractivity contribution in [3.05, 3.63) is 65.2 Å². The largest absolute Gasteiger partial charge is 0.362 e. The van der Waals surface area contributed by atoms with E-state index in [9.17, 15) is 0 Å². The molecular formula is C24H31N. The van der Waals surface area contributed by atoms with Crippen molar-refractivity contribution < 1.29 is 0 Å². The normalized spacial score (nSPS) is 24.9. The highest BCUT2D eigenvalue weighted by molar-refractivity contribution is 5.60. The lowest BCUT2D eigenvalue weighted by Crippen LogP contribution is -2.51. The summed E-state index contributed by atoms with van der Waals surface area (Å²) < 4.78 is 0. The van der Waals surface area contributed by atoms with E-state index in [2.05, 4.69) is 67.3 Å². The molecule has 1 fully saturated rings. The zero-order valence-electron chi connectivity index (χ0n) is 15.8. The number of para-hydroxylation sites is 1. The summed E-state index contributed by atoms with van der Waals surface area (Å²) in [6.45, 7) is 4.59. The number of benzene rings is 2. The van der Waals surface area contributed by atoms with Gasteiger partial charge in [-0.25, -0.2) is 0 Å². The second kappa shape index (κ2) is 6.86. The number of fused-ring (bicyclic) bond motifs is 3. The van der Waals surface area contributed by atoms with Crippen LogP contribution in [-0.4, -0.2) is 11.6 Å². The summed E-state index contributed by atoms with van der Waals surface area (Å²) in [7, 11) is 0. The lowest BCUT2D eigenvalue weighted by Gasteiger charge is -2.48. The lowest BCUT2D eigenvalue weighted by atomic mass is 9.80. The van der Waals surface area contributed by atoms with E-state index in [1.165, 1.54) is 68.2 Å². The average Bonchev–Trinajstić information content (AvgIpc) is 3.01. The summed E-state index contributed by atoms with van der Waals surface area (Å²) in [4.78, 5) is 2.87. The molecule has 0 radical (unpaired) electrons. The summed E-state index contributed by atoms with van der Waals surface area (Å²) in [6.07, 6.45) is 10.5. The zero-order chi connectivity index (χ0) is 17.3. The molecule has 0 N–H and O–H groups in total. The fraction of sp³-hybridized carbons (Fsp3) is 0.500. The highest BCUT2D eigenvalue weighted by atomic mass is 15.3. The van der Waals surface area contributed by atoms with Crippen LogP contribution in [0.2, 0.25) is 0 Å². The van der Waals surface area contributed by atoms with Crippen LogP contribution in [0.5, 0.6) is 0 Å². The van der Waals surface area contributed by atoms with Gasteiger partial charge in [-0.15, -0.1) is 0 Å². The smallest absolute Gasteiger partial charge is 0.0409 e. The third-order valence-electron chi connectivity index (χ3n) is 6.64. The molecule has 2 aliphatic rings. The molecule has 25 heavy (non-hydrogen) atoms. The number of hydrogen-bond acceptors (Lipinski definition) is 1. The van der Waals surface area contributed by atoms with Gasteiger partial charge in [-0.1, -0.05) is 62.2 Å². The van der Waals surface area contributed by atoms with Crippen molar-refractivity contribution in [2.45, 2.75) is 76.8 Å². The Morgan fingerprint density at radius 1 is 1.04 bits per heavy atom. The van der Waals surface area contributed by atoms with Crippen molar-refractivity contribution in [1.29, 1.82) is 0 Å². The van der Waals surface area contributed by atoms with E-state index >= 15 is 0 Å². The van der Waals surface area contributed by atoms with Crippen molar-refractivity contribution in [3.8, 4) is 0 Å². The Morgan fingerprint density at radius 3 is 2.68 bits per heavy atom. The first-order chi connectivity index (χ1) is 12.2. The minimum absolute atomic E-state index is 0.414. The summed E-state index contributed by atoms with van der Waals surface area (Å²) in [5, 5.41) is 0. The predicted molar refractivity (Wildman–Crippen MR) is 107 cm³/mol. The molecule has 2 aromatic rings. The minimum Gasteiger partial charge on any atom is -0.362 e. The second-order valence-corrected chi connectivity index (χ2v) is 8.15. The average molecular weight is 334 g/mol. The molecule has 2 heterocycles. The van der Waals surface area contributed by atoms with Gasteiger partial charge >= 0.3 is 0 Å². The van der Waals surface area contributed by atoms with E-state index < -0.39 is 0 Å². The molecule has 1 nitrogen and oxygen atoms in total. The Morgan fingerprint density at radius 2 is 1.84 bits per heavy atom. The van der Waals surface area contributed by atoms with Gasteiger partial charge in [0.25, 0.3) is 0 Å². The summed E-state index contributed by atoms with van der Waals surface area (Å²) in [5.41, 5.74) is 6.48. The van der Waals surface area contributed by atoms with Crippen LogP contribution in [0.25, 0.3) is 0 Å². The molecule has 0 bridgehead atoms. The van der Waals surface area contributed by atoms with Gasteiger partial charge in [0, 0.05) is 17.3 Å². The maximum Gasteiger partial charge on any atom is 0.0409 e. The molecule has 0 spiro atoms. The van der Waals surface area contributed by atoms with Crippen molar-refractivity contribution in [2.24, 2.45) is 0 Å². The summed E-state index contributed by atoms with van der Waals surface area (Å²) >= 11 is 0. The van der Waals surface area contributed by atoms with Crippen molar-refractivity contribution in [3.63, 3.8) is 0 Å². The minimum atomic E-state index is 0.414. The van der Waals surface area contributed by atoms with E-state index in [0.29, 0.717) is 11.6 Å². The maximum absolute atomic E-state index is 2.87. The standard InChI is InChI=1S/C24H31N/c1-3-4-15-24-16-13-20-10-7-8-12-23(20)25(24)22(14-17-24)18-21-11-6-5-9-19(21)2/h5-12,22H,3-4,13-18H2,1-2H3/t22-,24+/m1/s1. The molecule has 0 saturated carbocycles. The van der Waals surface area contributed by atoms with E-state index in [0.717, 1.165) is 0 Å². The molecule has 1 heteroatoms. The Bertz CT molecular complexity index is 734. The predicted octanol–water partition coefficient (Wildman–Crippen LogP) is 6.08. The highest BCUT2D eigenvalue weighted by Crippen LogP contribution is 2.49. The van der Waals surface area contributed by atoms with Gasteiger partial charge in [-0.3, -0.25) is 0 Å². The third-order valence-corrected chi connectivity index (χ3v) is 6.64. The first-order valence-corrected chi connectivity index (χ1v) is 10.2. The first kappa shape index (κ1) is 16.7. The molecule has 1 saturated heterocycles. The number of rotatable bonds is 5. The quantitative estimate of drug-likeness (QED) is 0.641. The zero-order valence-corrected chi connectivity index (χ0v) is 15.8. The highest BCUT2D eigenvalue weighted by Gasteiger charge is 2.47. The van der Waals surface area contributed by atoms with Crippen LogP contribution in [0.1, 0.15) is 62.1 Å². The van der Waals surface area contributed by atoms with Crippen LogP contribution in [0.15, 0.2) is 48.5 Å². The summed E-state index contributed by atoms with van der Waals surface area (Å²) in [5.74, 6) is 0.